The van der Waals surface area contributed by atoms with Gasteiger partial charge in [-0.3, -0.25) is 14.4 Å². The summed E-state index contributed by atoms with van der Waals surface area (Å²) in [6, 6.07) is 16.9. The zero-order valence-corrected chi connectivity index (χ0v) is 18.5. The van der Waals surface area contributed by atoms with Crippen LogP contribution < -0.4 is 15.8 Å². The first-order chi connectivity index (χ1) is 16.9. The van der Waals surface area contributed by atoms with Crippen molar-refractivity contribution >= 4 is 34.0 Å². The summed E-state index contributed by atoms with van der Waals surface area (Å²) in [4.78, 5) is 39.8. The number of benzene rings is 3. The fraction of sp³-hybridized carbons (Fsp3) is 0.154. The molecular formula is C26H20F2N4O3. The van der Waals surface area contributed by atoms with Crippen molar-refractivity contribution in [3.05, 3.63) is 88.7 Å². The van der Waals surface area contributed by atoms with E-state index in [0.717, 1.165) is 23.2 Å². The number of anilines is 2. The molecular weight excluding hydrogens is 454 g/mol. The summed E-state index contributed by atoms with van der Waals surface area (Å²) in [6.07, 6.45) is 1.19. The van der Waals surface area contributed by atoms with E-state index in [1.807, 2.05) is 0 Å². The van der Waals surface area contributed by atoms with Gasteiger partial charge < -0.3 is 10.2 Å². The number of nitrogens with one attached hydrogen (secondary N) is 1. The first-order valence-corrected chi connectivity index (χ1v) is 11.1. The maximum absolute atomic E-state index is 13.9. The van der Waals surface area contributed by atoms with E-state index >= 15 is 0 Å². The second-order valence-electron chi connectivity index (χ2n) is 8.20. The van der Waals surface area contributed by atoms with E-state index in [9.17, 15) is 23.2 Å². The molecule has 0 atom stereocenters. The molecule has 0 aliphatic carbocycles. The van der Waals surface area contributed by atoms with Gasteiger partial charge in [0.05, 0.1) is 22.5 Å². The molecule has 2 heterocycles. The first-order valence-electron chi connectivity index (χ1n) is 11.1. The lowest BCUT2D eigenvalue weighted by molar-refractivity contribution is -0.118. The van der Waals surface area contributed by atoms with Gasteiger partial charge in [0.2, 0.25) is 11.8 Å². The molecule has 3 aromatic carbocycles. The van der Waals surface area contributed by atoms with Gasteiger partial charge in [-0.2, -0.15) is 5.10 Å². The number of halogens is 2. The Morgan fingerprint density at radius 1 is 0.943 bits per heavy atom. The van der Waals surface area contributed by atoms with Crippen LogP contribution in [-0.4, -0.2) is 28.1 Å². The Hall–Kier alpha value is -4.40. The number of rotatable bonds is 5. The molecule has 0 unspecified atom stereocenters. The summed E-state index contributed by atoms with van der Waals surface area (Å²) in [7, 11) is 0. The molecule has 1 fully saturated rings. The van der Waals surface area contributed by atoms with Crippen LogP contribution in [0.25, 0.3) is 22.0 Å². The lowest BCUT2D eigenvalue weighted by Crippen LogP contribution is -2.31. The number of fused-ring (bicyclic) bond motifs is 1. The molecule has 1 aliphatic rings. The van der Waals surface area contributed by atoms with Crippen molar-refractivity contribution in [2.24, 2.45) is 0 Å². The summed E-state index contributed by atoms with van der Waals surface area (Å²) in [6.45, 7) is 0.150. The minimum absolute atomic E-state index is 0.0183. The predicted molar refractivity (Wildman–Crippen MR) is 128 cm³/mol. The minimum Gasteiger partial charge on any atom is -0.323 e. The number of carbonyl (C=O) groups is 2. The van der Waals surface area contributed by atoms with Crippen molar-refractivity contribution < 1.29 is 18.4 Å². The second kappa shape index (κ2) is 9.09. The molecule has 7 nitrogen and oxygen atoms in total. The highest BCUT2D eigenvalue weighted by molar-refractivity contribution is 6.02. The van der Waals surface area contributed by atoms with E-state index in [-0.39, 0.29) is 22.6 Å². The molecule has 0 bridgehead atoms. The predicted octanol–water partition coefficient (Wildman–Crippen LogP) is 4.11. The Morgan fingerprint density at radius 3 is 2.43 bits per heavy atom. The Bertz CT molecular complexity index is 1530. The summed E-state index contributed by atoms with van der Waals surface area (Å²) in [5, 5.41) is 7.84. The van der Waals surface area contributed by atoms with Crippen LogP contribution in [0.2, 0.25) is 0 Å². The fourth-order valence-corrected chi connectivity index (χ4v) is 4.24. The van der Waals surface area contributed by atoms with Crippen molar-refractivity contribution in [1.82, 2.24) is 9.78 Å². The van der Waals surface area contributed by atoms with Crippen molar-refractivity contribution in [2.45, 2.75) is 19.4 Å². The van der Waals surface area contributed by atoms with Gasteiger partial charge in [-0.1, -0.05) is 30.3 Å². The highest BCUT2D eigenvalue weighted by Gasteiger charge is 2.24. The van der Waals surface area contributed by atoms with Crippen LogP contribution in [0.3, 0.4) is 0 Å². The molecule has 0 spiro atoms. The topological polar surface area (TPSA) is 84.3 Å². The van der Waals surface area contributed by atoms with Gasteiger partial charge in [0.25, 0.3) is 5.56 Å². The molecule has 35 heavy (non-hydrogen) atoms. The number of amides is 2. The van der Waals surface area contributed by atoms with Crippen LogP contribution in [0.1, 0.15) is 12.8 Å². The van der Waals surface area contributed by atoms with E-state index in [4.69, 9.17) is 0 Å². The van der Waals surface area contributed by atoms with Crippen molar-refractivity contribution in [3.63, 3.8) is 0 Å². The third-order valence-electron chi connectivity index (χ3n) is 5.90. The quantitative estimate of drug-likeness (QED) is 0.472. The molecule has 1 aliphatic heterocycles. The van der Waals surface area contributed by atoms with Crippen molar-refractivity contribution in [2.75, 3.05) is 16.8 Å². The molecule has 2 amide bonds. The Morgan fingerprint density at radius 2 is 1.69 bits per heavy atom. The van der Waals surface area contributed by atoms with Crippen molar-refractivity contribution in [1.29, 1.82) is 0 Å². The SMILES string of the molecule is O=C(Cn1nc(-c2ccc(F)c(F)c2)c2ccccc2c1=O)Nc1ccccc1N1CCCC1=O. The highest BCUT2D eigenvalue weighted by atomic mass is 19.2. The standard InChI is InChI=1S/C26H20F2N4O3/c27-19-12-11-16(14-20(19)28)25-17-6-1-2-7-18(17)26(35)32(30-25)15-23(33)29-21-8-3-4-9-22(21)31-13-5-10-24(31)34/h1-4,6-9,11-12,14H,5,10,13,15H2,(H,29,33). The zero-order valence-electron chi connectivity index (χ0n) is 18.5. The van der Waals surface area contributed by atoms with E-state index < -0.39 is 29.6 Å². The minimum atomic E-state index is -1.04. The fourth-order valence-electron chi connectivity index (χ4n) is 4.24. The maximum Gasteiger partial charge on any atom is 0.275 e. The molecule has 176 valence electrons. The molecule has 4 aromatic rings. The highest BCUT2D eigenvalue weighted by Crippen LogP contribution is 2.30. The molecule has 1 saturated heterocycles. The third kappa shape index (κ3) is 4.28. The van der Waals surface area contributed by atoms with Crippen molar-refractivity contribution in [3.8, 4) is 11.3 Å². The van der Waals surface area contributed by atoms with E-state index in [0.29, 0.717) is 29.7 Å². The van der Waals surface area contributed by atoms with E-state index in [1.165, 1.54) is 6.07 Å². The molecule has 0 saturated carbocycles. The van der Waals surface area contributed by atoms with Crippen LogP contribution in [0.5, 0.6) is 0 Å². The first kappa shape index (κ1) is 22.4. The lowest BCUT2D eigenvalue weighted by Gasteiger charge is -2.20. The van der Waals surface area contributed by atoms with E-state index in [1.54, 1.807) is 53.4 Å². The Labute approximate surface area is 198 Å². The molecule has 0 radical (unpaired) electrons. The third-order valence-corrected chi connectivity index (χ3v) is 5.90. The Balaban J connectivity index is 1.50. The average molecular weight is 474 g/mol. The number of para-hydroxylation sites is 2. The molecule has 1 N–H and O–H groups in total. The summed E-state index contributed by atoms with van der Waals surface area (Å²) >= 11 is 0. The largest absolute Gasteiger partial charge is 0.323 e. The lowest BCUT2D eigenvalue weighted by atomic mass is 10.0. The second-order valence-corrected chi connectivity index (χ2v) is 8.20. The Kier molecular flexibility index (Phi) is 5.82. The smallest absolute Gasteiger partial charge is 0.275 e. The molecule has 1 aromatic heterocycles. The molecule has 5 rings (SSSR count). The van der Waals surface area contributed by atoms with Gasteiger partial charge in [0.1, 0.15) is 6.54 Å². The van der Waals surface area contributed by atoms with Gasteiger partial charge >= 0.3 is 0 Å². The molecule has 9 heteroatoms. The van der Waals surface area contributed by atoms with Gasteiger partial charge in [-0.25, -0.2) is 13.5 Å². The van der Waals surface area contributed by atoms with Crippen LogP contribution in [-0.2, 0) is 16.1 Å². The van der Waals surface area contributed by atoms with Crippen LogP contribution in [0.4, 0.5) is 20.2 Å². The zero-order chi connectivity index (χ0) is 24.5. The van der Waals surface area contributed by atoms with Gasteiger partial charge in [-0.15, -0.1) is 0 Å². The van der Waals surface area contributed by atoms with Gasteiger partial charge in [0.15, 0.2) is 11.6 Å². The number of aromatic nitrogens is 2. The average Bonchev–Trinajstić information content (AvgIpc) is 3.28. The normalized spacial score (nSPS) is 13.4. The monoisotopic (exact) mass is 474 g/mol. The maximum atomic E-state index is 13.9. The number of nitrogens with zero attached hydrogens (tertiary/aromatic N) is 3. The number of hydrogen-bond donors (Lipinski definition) is 1. The van der Waals surface area contributed by atoms with Gasteiger partial charge in [0, 0.05) is 23.9 Å². The van der Waals surface area contributed by atoms with Crippen LogP contribution in [0.15, 0.2) is 71.5 Å². The summed E-state index contributed by atoms with van der Waals surface area (Å²) in [5.74, 6) is -2.58. The van der Waals surface area contributed by atoms with Gasteiger partial charge in [-0.05, 0) is 42.8 Å². The summed E-state index contributed by atoms with van der Waals surface area (Å²) in [5.41, 5.74) is 1.05. The van der Waals surface area contributed by atoms with Crippen LogP contribution in [0, 0.1) is 11.6 Å². The van der Waals surface area contributed by atoms with Crippen LogP contribution >= 0.6 is 0 Å². The number of carbonyl (C=O) groups excluding carboxylic acids is 2. The summed E-state index contributed by atoms with van der Waals surface area (Å²) < 4.78 is 28.4. The number of hydrogen-bond acceptors (Lipinski definition) is 4. The van der Waals surface area contributed by atoms with E-state index in [2.05, 4.69) is 10.4 Å².